The van der Waals surface area contributed by atoms with Crippen molar-refractivity contribution in [3.05, 3.63) is 21.3 Å². The molecule has 1 amide bonds. The van der Waals surface area contributed by atoms with Crippen LogP contribution in [0.3, 0.4) is 0 Å². The second-order valence-electron chi connectivity index (χ2n) is 7.93. The van der Waals surface area contributed by atoms with Crippen LogP contribution in [0.2, 0.25) is 4.34 Å². The first kappa shape index (κ1) is 15.6. The first-order valence-corrected chi connectivity index (χ1v) is 9.80. The quantitative estimate of drug-likeness (QED) is 0.612. The van der Waals surface area contributed by atoms with E-state index in [1.54, 1.807) is 0 Å². The molecule has 0 aliphatic heterocycles. The lowest BCUT2D eigenvalue weighted by molar-refractivity contribution is -0.129. The Morgan fingerprint density at radius 1 is 1.26 bits per heavy atom. The highest BCUT2D eigenvalue weighted by Crippen LogP contribution is 2.61. The van der Waals surface area contributed by atoms with E-state index in [0.29, 0.717) is 6.42 Å². The van der Waals surface area contributed by atoms with Crippen LogP contribution in [-0.2, 0) is 4.79 Å². The van der Waals surface area contributed by atoms with Crippen LogP contribution >= 0.6 is 22.9 Å². The van der Waals surface area contributed by atoms with E-state index in [0.717, 1.165) is 32.7 Å². The van der Waals surface area contributed by atoms with Gasteiger partial charge in [-0.1, -0.05) is 11.6 Å². The number of amides is 1. The number of thiophene rings is 1. The fraction of sp³-hybridized carbons (Fsp3) is 0.667. The fourth-order valence-electron chi connectivity index (χ4n) is 5.60. The van der Waals surface area contributed by atoms with Gasteiger partial charge in [0.2, 0.25) is 5.91 Å². The Morgan fingerprint density at radius 2 is 1.87 bits per heavy atom. The van der Waals surface area contributed by atoms with Crippen molar-refractivity contribution in [2.75, 3.05) is 0 Å². The maximum atomic E-state index is 12.4. The molecule has 4 bridgehead atoms. The predicted molar refractivity (Wildman–Crippen MR) is 94.9 cm³/mol. The number of nitrogens with one attached hydrogen (secondary N) is 1. The van der Waals surface area contributed by atoms with Crippen LogP contribution < -0.4 is 5.43 Å². The first-order valence-electron chi connectivity index (χ1n) is 8.60. The summed E-state index contributed by atoms with van der Waals surface area (Å²) in [6.07, 6.45) is 8.67. The molecule has 124 valence electrons. The van der Waals surface area contributed by atoms with Gasteiger partial charge in [0.05, 0.1) is 14.9 Å². The standard InChI is InChI=1S/C18H23ClN2OS/c1-11(15-2-3-16(19)23-15)20-21-17(22)10-18-7-12-4-13(8-18)6-14(5-12)9-18/h2-3,12-14H,4-10H2,1H3,(H,21,22)/b20-11+. The lowest BCUT2D eigenvalue weighted by Crippen LogP contribution is -2.47. The van der Waals surface area contributed by atoms with Crippen LogP contribution in [0.25, 0.3) is 0 Å². The van der Waals surface area contributed by atoms with Crippen LogP contribution in [0.15, 0.2) is 17.2 Å². The van der Waals surface area contributed by atoms with Crippen LogP contribution in [0.4, 0.5) is 0 Å². The molecule has 23 heavy (non-hydrogen) atoms. The Bertz CT molecular complexity index is 616. The minimum absolute atomic E-state index is 0.0777. The van der Waals surface area contributed by atoms with Crippen LogP contribution in [-0.4, -0.2) is 11.6 Å². The van der Waals surface area contributed by atoms with Crippen LogP contribution in [0.5, 0.6) is 0 Å². The third-order valence-corrected chi connectivity index (χ3v) is 7.32. The maximum Gasteiger partial charge on any atom is 0.240 e. The number of carbonyl (C=O) groups excluding carboxylic acids is 1. The van der Waals surface area contributed by atoms with Gasteiger partial charge in [-0.2, -0.15) is 5.10 Å². The molecule has 0 aromatic carbocycles. The number of hydrazone groups is 1. The van der Waals surface area contributed by atoms with E-state index in [9.17, 15) is 4.79 Å². The molecule has 1 aromatic rings. The average Bonchev–Trinajstić information content (AvgIpc) is 2.89. The molecule has 5 heteroatoms. The number of halogens is 1. The molecular formula is C18H23ClN2OS. The van der Waals surface area contributed by atoms with Crippen molar-refractivity contribution in [3.63, 3.8) is 0 Å². The molecule has 1 heterocycles. The zero-order chi connectivity index (χ0) is 16.0. The molecule has 4 aliphatic rings. The zero-order valence-corrected chi connectivity index (χ0v) is 15.1. The SMILES string of the molecule is C/C(=N\NC(=O)CC12CC3CC(CC(C3)C1)C2)c1ccc(Cl)s1. The monoisotopic (exact) mass is 350 g/mol. The number of hydrogen-bond acceptors (Lipinski definition) is 3. The molecule has 0 radical (unpaired) electrons. The molecule has 3 nitrogen and oxygen atoms in total. The summed E-state index contributed by atoms with van der Waals surface area (Å²) in [7, 11) is 0. The molecule has 4 saturated carbocycles. The first-order chi connectivity index (χ1) is 11.0. The van der Waals surface area contributed by atoms with Gasteiger partial charge in [-0.15, -0.1) is 11.3 Å². The highest BCUT2D eigenvalue weighted by Gasteiger charge is 2.51. The van der Waals surface area contributed by atoms with Gasteiger partial charge < -0.3 is 0 Å². The fourth-order valence-corrected chi connectivity index (χ4v) is 6.58. The minimum atomic E-state index is 0.0777. The van der Waals surface area contributed by atoms with Crippen molar-refractivity contribution in [2.45, 2.75) is 51.9 Å². The topological polar surface area (TPSA) is 41.5 Å². The van der Waals surface area contributed by atoms with E-state index in [2.05, 4.69) is 10.5 Å². The van der Waals surface area contributed by atoms with E-state index >= 15 is 0 Å². The normalized spacial score (nSPS) is 35.6. The second kappa shape index (κ2) is 5.89. The molecule has 5 rings (SSSR count). The maximum absolute atomic E-state index is 12.4. The van der Waals surface area contributed by atoms with Gasteiger partial charge in [0.1, 0.15) is 0 Å². The van der Waals surface area contributed by atoms with Crippen molar-refractivity contribution >= 4 is 34.6 Å². The molecule has 1 N–H and O–H groups in total. The molecule has 0 unspecified atom stereocenters. The molecular weight excluding hydrogens is 328 g/mol. The highest BCUT2D eigenvalue weighted by molar-refractivity contribution is 7.18. The van der Waals surface area contributed by atoms with Gasteiger partial charge in [0.15, 0.2) is 0 Å². The lowest BCUT2D eigenvalue weighted by Gasteiger charge is -2.56. The highest BCUT2D eigenvalue weighted by atomic mass is 35.5. The summed E-state index contributed by atoms with van der Waals surface area (Å²) in [5.74, 6) is 2.72. The van der Waals surface area contributed by atoms with E-state index in [1.807, 2.05) is 19.1 Å². The van der Waals surface area contributed by atoms with Crippen molar-refractivity contribution < 1.29 is 4.79 Å². The molecule has 1 aromatic heterocycles. The summed E-state index contributed by atoms with van der Waals surface area (Å²) >= 11 is 7.43. The number of nitrogens with zero attached hydrogens (tertiary/aromatic N) is 1. The summed E-state index contributed by atoms with van der Waals surface area (Å²) < 4.78 is 0.745. The van der Waals surface area contributed by atoms with Gasteiger partial charge in [-0.25, -0.2) is 5.43 Å². The molecule has 0 saturated heterocycles. The van der Waals surface area contributed by atoms with E-state index in [-0.39, 0.29) is 11.3 Å². The largest absolute Gasteiger partial charge is 0.273 e. The Morgan fingerprint density at radius 3 is 2.39 bits per heavy atom. The van der Waals surface area contributed by atoms with Crippen molar-refractivity contribution in [1.29, 1.82) is 0 Å². The Kier molecular flexibility index (Phi) is 4.01. The Labute approximate surface area is 146 Å². The van der Waals surface area contributed by atoms with Gasteiger partial charge in [-0.3, -0.25) is 4.79 Å². The summed E-state index contributed by atoms with van der Waals surface area (Å²) in [5.41, 5.74) is 3.87. The third kappa shape index (κ3) is 3.20. The average molecular weight is 351 g/mol. The van der Waals surface area contributed by atoms with Gasteiger partial charge in [-0.05, 0) is 80.8 Å². The summed E-state index contributed by atoms with van der Waals surface area (Å²) in [5, 5.41) is 4.27. The molecule has 4 fully saturated rings. The molecule has 4 aliphatic carbocycles. The van der Waals surface area contributed by atoms with Crippen molar-refractivity contribution in [1.82, 2.24) is 5.43 Å². The number of rotatable bonds is 4. The van der Waals surface area contributed by atoms with Crippen molar-refractivity contribution in [3.8, 4) is 0 Å². The van der Waals surface area contributed by atoms with E-state index < -0.39 is 0 Å². The second-order valence-corrected chi connectivity index (χ2v) is 9.65. The summed E-state index contributed by atoms with van der Waals surface area (Å²) in [6.45, 7) is 1.91. The summed E-state index contributed by atoms with van der Waals surface area (Å²) in [4.78, 5) is 13.4. The van der Waals surface area contributed by atoms with Crippen LogP contribution in [0.1, 0.15) is 56.7 Å². The predicted octanol–water partition coefficient (Wildman–Crippen LogP) is 4.85. The van der Waals surface area contributed by atoms with E-state index in [4.69, 9.17) is 11.6 Å². The Hall–Kier alpha value is -0.870. The number of carbonyl (C=O) groups is 1. The molecule has 0 atom stereocenters. The number of hydrogen-bond donors (Lipinski definition) is 1. The van der Waals surface area contributed by atoms with Crippen LogP contribution in [0, 0.1) is 23.2 Å². The minimum Gasteiger partial charge on any atom is -0.273 e. The third-order valence-electron chi connectivity index (χ3n) is 5.98. The lowest BCUT2D eigenvalue weighted by atomic mass is 9.49. The van der Waals surface area contributed by atoms with Crippen molar-refractivity contribution in [2.24, 2.45) is 28.3 Å². The molecule has 0 spiro atoms. The van der Waals surface area contributed by atoms with Gasteiger partial charge >= 0.3 is 0 Å². The van der Waals surface area contributed by atoms with Gasteiger partial charge in [0, 0.05) is 6.42 Å². The van der Waals surface area contributed by atoms with Gasteiger partial charge in [0.25, 0.3) is 0 Å². The Balaban J connectivity index is 1.39. The summed E-state index contributed by atoms with van der Waals surface area (Å²) in [6, 6.07) is 3.80. The van der Waals surface area contributed by atoms with E-state index in [1.165, 1.54) is 49.9 Å². The smallest absolute Gasteiger partial charge is 0.240 e. The zero-order valence-electron chi connectivity index (χ0n) is 13.5.